The molecule has 0 fully saturated rings. The first-order valence-electron chi connectivity index (χ1n) is 6.34. The van der Waals surface area contributed by atoms with Crippen LogP contribution in [-0.4, -0.2) is 29.4 Å². The van der Waals surface area contributed by atoms with E-state index in [2.05, 4.69) is 18.8 Å². The van der Waals surface area contributed by atoms with Gasteiger partial charge < -0.3 is 9.84 Å². The summed E-state index contributed by atoms with van der Waals surface area (Å²) < 4.78 is 5.47. The van der Waals surface area contributed by atoms with Gasteiger partial charge in [-0.2, -0.15) is 0 Å². The second kappa shape index (κ2) is 8.20. The highest BCUT2D eigenvalue weighted by atomic mass is 16.5. The number of aromatic nitrogens is 1. The maximum Gasteiger partial charge on any atom is 0.0617 e. The molecular formula is C14H23NO2. The van der Waals surface area contributed by atoms with Crippen molar-refractivity contribution in [2.45, 2.75) is 39.2 Å². The summed E-state index contributed by atoms with van der Waals surface area (Å²) >= 11 is 0. The van der Waals surface area contributed by atoms with Gasteiger partial charge in [0, 0.05) is 31.5 Å². The van der Waals surface area contributed by atoms with Crippen LogP contribution in [0.25, 0.3) is 0 Å². The molecular weight excluding hydrogens is 214 g/mol. The molecule has 1 aromatic heterocycles. The lowest BCUT2D eigenvalue weighted by molar-refractivity contribution is 0.0766. The molecule has 17 heavy (non-hydrogen) atoms. The van der Waals surface area contributed by atoms with E-state index in [0.717, 1.165) is 18.7 Å². The molecule has 0 bridgehead atoms. The lowest BCUT2D eigenvalue weighted by Gasteiger charge is -2.11. The van der Waals surface area contributed by atoms with Gasteiger partial charge in [0.25, 0.3) is 0 Å². The fraction of sp³-hybridized carbons (Fsp3) is 0.643. The molecule has 0 saturated heterocycles. The van der Waals surface area contributed by atoms with Crippen LogP contribution in [0.3, 0.4) is 0 Å². The molecule has 0 saturated carbocycles. The van der Waals surface area contributed by atoms with E-state index in [9.17, 15) is 5.11 Å². The van der Waals surface area contributed by atoms with Crippen molar-refractivity contribution >= 4 is 0 Å². The Bertz CT molecular complexity index is 288. The van der Waals surface area contributed by atoms with Crippen LogP contribution < -0.4 is 0 Å². The second-order valence-corrected chi connectivity index (χ2v) is 4.76. The summed E-state index contributed by atoms with van der Waals surface area (Å²) in [5.74, 6) is 0.674. The largest absolute Gasteiger partial charge is 0.393 e. The Morgan fingerprint density at radius 3 is 2.65 bits per heavy atom. The Morgan fingerprint density at radius 1 is 1.24 bits per heavy atom. The van der Waals surface area contributed by atoms with Crippen molar-refractivity contribution in [3.63, 3.8) is 0 Å². The first-order chi connectivity index (χ1) is 8.18. The maximum absolute atomic E-state index is 9.79. The van der Waals surface area contributed by atoms with Crippen LogP contribution in [0.5, 0.6) is 0 Å². The third-order valence-electron chi connectivity index (χ3n) is 2.61. The van der Waals surface area contributed by atoms with E-state index in [1.807, 2.05) is 18.2 Å². The molecule has 1 N–H and O–H groups in total. The Morgan fingerprint density at radius 2 is 2.00 bits per heavy atom. The molecule has 0 aliphatic carbocycles. The number of nitrogens with zero attached hydrogens (tertiary/aromatic N) is 1. The van der Waals surface area contributed by atoms with Crippen molar-refractivity contribution in [1.82, 2.24) is 4.98 Å². The molecule has 1 aromatic rings. The monoisotopic (exact) mass is 237 g/mol. The molecule has 0 spiro atoms. The zero-order valence-electron chi connectivity index (χ0n) is 10.8. The van der Waals surface area contributed by atoms with Gasteiger partial charge in [-0.05, 0) is 30.9 Å². The van der Waals surface area contributed by atoms with Crippen LogP contribution >= 0.6 is 0 Å². The van der Waals surface area contributed by atoms with E-state index >= 15 is 0 Å². The standard InChI is InChI=1S/C14H23NO2/c1-12(2)6-9-17-10-7-14(16)11-13-5-3-4-8-15-13/h3-5,8,12,14,16H,6-7,9-11H2,1-2H3. The van der Waals surface area contributed by atoms with Gasteiger partial charge in [0.05, 0.1) is 6.10 Å². The molecule has 0 aliphatic rings. The summed E-state index contributed by atoms with van der Waals surface area (Å²) in [5, 5.41) is 9.79. The fourth-order valence-electron chi connectivity index (χ4n) is 1.50. The molecule has 0 radical (unpaired) electrons. The summed E-state index contributed by atoms with van der Waals surface area (Å²) in [5.41, 5.74) is 0.933. The van der Waals surface area contributed by atoms with Gasteiger partial charge in [0.15, 0.2) is 0 Å². The van der Waals surface area contributed by atoms with Crippen molar-refractivity contribution in [3.8, 4) is 0 Å². The van der Waals surface area contributed by atoms with Crippen molar-refractivity contribution in [1.29, 1.82) is 0 Å². The lowest BCUT2D eigenvalue weighted by Crippen LogP contribution is -2.15. The van der Waals surface area contributed by atoms with Gasteiger partial charge in [-0.1, -0.05) is 19.9 Å². The summed E-state index contributed by atoms with van der Waals surface area (Å²) in [6.45, 7) is 5.77. The van der Waals surface area contributed by atoms with Crippen LogP contribution in [0.1, 0.15) is 32.4 Å². The van der Waals surface area contributed by atoms with E-state index in [0.29, 0.717) is 25.4 Å². The zero-order chi connectivity index (χ0) is 12.5. The minimum absolute atomic E-state index is 0.357. The highest BCUT2D eigenvalue weighted by Gasteiger charge is 2.06. The lowest BCUT2D eigenvalue weighted by atomic mass is 10.1. The second-order valence-electron chi connectivity index (χ2n) is 4.76. The summed E-state index contributed by atoms with van der Waals surface area (Å²) in [6.07, 6.45) is 3.75. The highest BCUT2D eigenvalue weighted by Crippen LogP contribution is 2.04. The van der Waals surface area contributed by atoms with Crippen molar-refractivity contribution in [3.05, 3.63) is 30.1 Å². The van der Waals surface area contributed by atoms with E-state index in [-0.39, 0.29) is 6.10 Å². The van der Waals surface area contributed by atoms with Crippen LogP contribution in [0.4, 0.5) is 0 Å². The molecule has 1 unspecified atom stereocenters. The first kappa shape index (κ1) is 14.1. The van der Waals surface area contributed by atoms with E-state index in [1.54, 1.807) is 6.20 Å². The number of pyridine rings is 1. The topological polar surface area (TPSA) is 42.4 Å². The SMILES string of the molecule is CC(C)CCOCCC(O)Cc1ccccn1. The van der Waals surface area contributed by atoms with Crippen LogP contribution in [0.15, 0.2) is 24.4 Å². The van der Waals surface area contributed by atoms with Crippen LogP contribution in [-0.2, 0) is 11.2 Å². The number of aliphatic hydroxyl groups excluding tert-OH is 1. The van der Waals surface area contributed by atoms with Crippen molar-refractivity contribution in [2.24, 2.45) is 5.92 Å². The number of ether oxygens (including phenoxy) is 1. The first-order valence-corrected chi connectivity index (χ1v) is 6.34. The molecule has 0 amide bonds. The third-order valence-corrected chi connectivity index (χ3v) is 2.61. The van der Waals surface area contributed by atoms with Crippen LogP contribution in [0.2, 0.25) is 0 Å². The van der Waals surface area contributed by atoms with Gasteiger partial charge in [0.1, 0.15) is 0 Å². The van der Waals surface area contributed by atoms with Crippen LogP contribution in [0, 0.1) is 5.92 Å². The van der Waals surface area contributed by atoms with E-state index < -0.39 is 0 Å². The van der Waals surface area contributed by atoms with Gasteiger partial charge >= 0.3 is 0 Å². The summed E-state index contributed by atoms with van der Waals surface area (Å²) in [4.78, 5) is 4.19. The predicted octanol–water partition coefficient (Wildman–Crippen LogP) is 2.44. The Kier molecular flexibility index (Phi) is 6.82. The van der Waals surface area contributed by atoms with Gasteiger partial charge in [-0.25, -0.2) is 0 Å². The van der Waals surface area contributed by atoms with E-state index in [1.165, 1.54) is 0 Å². The van der Waals surface area contributed by atoms with Gasteiger partial charge in [-0.15, -0.1) is 0 Å². The molecule has 0 aromatic carbocycles. The zero-order valence-corrected chi connectivity index (χ0v) is 10.8. The Labute approximate surface area is 104 Å². The average molecular weight is 237 g/mol. The molecule has 1 heterocycles. The van der Waals surface area contributed by atoms with Gasteiger partial charge in [-0.3, -0.25) is 4.98 Å². The van der Waals surface area contributed by atoms with Crippen molar-refractivity contribution < 1.29 is 9.84 Å². The molecule has 3 nitrogen and oxygen atoms in total. The Hall–Kier alpha value is -0.930. The summed E-state index contributed by atoms with van der Waals surface area (Å²) in [6, 6.07) is 5.75. The number of aliphatic hydroxyl groups is 1. The van der Waals surface area contributed by atoms with E-state index in [4.69, 9.17) is 4.74 Å². The average Bonchev–Trinajstić information content (AvgIpc) is 2.29. The summed E-state index contributed by atoms with van der Waals surface area (Å²) in [7, 11) is 0. The molecule has 96 valence electrons. The molecule has 0 aliphatic heterocycles. The maximum atomic E-state index is 9.79. The molecule has 1 atom stereocenters. The normalized spacial score (nSPS) is 12.9. The third kappa shape index (κ3) is 7.08. The van der Waals surface area contributed by atoms with Crippen molar-refractivity contribution in [2.75, 3.05) is 13.2 Å². The smallest absolute Gasteiger partial charge is 0.0617 e. The fourth-order valence-corrected chi connectivity index (χ4v) is 1.50. The predicted molar refractivity (Wildman–Crippen MR) is 68.8 cm³/mol. The number of rotatable bonds is 8. The minimum atomic E-state index is -0.357. The highest BCUT2D eigenvalue weighted by molar-refractivity contribution is 5.04. The van der Waals surface area contributed by atoms with Gasteiger partial charge in [0.2, 0.25) is 0 Å². The number of hydrogen-bond donors (Lipinski definition) is 1. The quantitative estimate of drug-likeness (QED) is 0.706. The minimum Gasteiger partial charge on any atom is -0.393 e. The Balaban J connectivity index is 2.07. The molecule has 1 rings (SSSR count). The number of hydrogen-bond acceptors (Lipinski definition) is 3. The molecule has 3 heteroatoms.